The summed E-state index contributed by atoms with van der Waals surface area (Å²) in [6, 6.07) is 7.19. The van der Waals surface area contributed by atoms with Crippen molar-refractivity contribution in [2.75, 3.05) is 0 Å². The normalized spacial score (nSPS) is 26.7. The summed E-state index contributed by atoms with van der Waals surface area (Å²) in [7, 11) is 0. The highest BCUT2D eigenvalue weighted by atomic mass is 16.6. The molecule has 1 aliphatic carbocycles. The Labute approximate surface area is 120 Å². The van der Waals surface area contributed by atoms with E-state index in [1.807, 2.05) is 6.07 Å². The summed E-state index contributed by atoms with van der Waals surface area (Å²) in [5, 5.41) is 10.8. The second-order valence-corrected chi connectivity index (χ2v) is 6.37. The second kappa shape index (κ2) is 6.35. The third kappa shape index (κ3) is 3.57. The van der Waals surface area contributed by atoms with Crippen LogP contribution in [0.3, 0.4) is 0 Å². The third-order valence-corrected chi connectivity index (χ3v) is 4.64. The maximum Gasteiger partial charge on any atom is 0.269 e. The number of nitro benzene ring substituents is 1. The molecule has 20 heavy (non-hydrogen) atoms. The van der Waals surface area contributed by atoms with Crippen molar-refractivity contribution in [1.29, 1.82) is 0 Å². The summed E-state index contributed by atoms with van der Waals surface area (Å²) >= 11 is 0. The number of nitrogens with zero attached hydrogens (tertiary/aromatic N) is 1. The summed E-state index contributed by atoms with van der Waals surface area (Å²) in [5.41, 5.74) is 7.46. The van der Waals surface area contributed by atoms with Gasteiger partial charge >= 0.3 is 0 Å². The minimum absolute atomic E-state index is 0.173. The van der Waals surface area contributed by atoms with Gasteiger partial charge in [-0.3, -0.25) is 10.1 Å². The van der Waals surface area contributed by atoms with Gasteiger partial charge in [-0.05, 0) is 49.0 Å². The molecule has 2 rings (SSSR count). The smallest absolute Gasteiger partial charge is 0.269 e. The maximum atomic E-state index is 10.8. The average Bonchev–Trinajstić information content (AvgIpc) is 2.41. The van der Waals surface area contributed by atoms with E-state index < -0.39 is 0 Å². The van der Waals surface area contributed by atoms with E-state index in [1.54, 1.807) is 18.2 Å². The molecule has 0 aromatic heterocycles. The van der Waals surface area contributed by atoms with E-state index in [0.29, 0.717) is 11.8 Å². The lowest BCUT2D eigenvalue weighted by atomic mass is 9.72. The number of nitro groups is 1. The Bertz CT molecular complexity index is 473. The number of nitrogens with two attached hydrogens (primary N) is 1. The van der Waals surface area contributed by atoms with Crippen molar-refractivity contribution in [1.82, 2.24) is 0 Å². The highest BCUT2D eigenvalue weighted by Gasteiger charge is 2.29. The highest BCUT2D eigenvalue weighted by molar-refractivity contribution is 5.34. The summed E-state index contributed by atoms with van der Waals surface area (Å²) in [6.07, 6.45) is 4.28. The van der Waals surface area contributed by atoms with Gasteiger partial charge in [0.25, 0.3) is 5.69 Å². The molecule has 4 nitrogen and oxygen atoms in total. The summed E-state index contributed by atoms with van der Waals surface area (Å²) in [4.78, 5) is 10.5. The molecule has 1 saturated carbocycles. The second-order valence-electron chi connectivity index (χ2n) is 6.37. The Hall–Kier alpha value is -1.42. The zero-order valence-corrected chi connectivity index (χ0v) is 12.3. The van der Waals surface area contributed by atoms with E-state index in [9.17, 15) is 10.1 Å². The number of benzene rings is 1. The van der Waals surface area contributed by atoms with Crippen LogP contribution in [0, 0.1) is 27.9 Å². The van der Waals surface area contributed by atoms with E-state index in [-0.39, 0.29) is 16.7 Å². The zero-order chi connectivity index (χ0) is 14.7. The number of non-ortho nitro benzene ring substituents is 1. The Kier molecular flexibility index (Phi) is 4.76. The van der Waals surface area contributed by atoms with E-state index in [0.717, 1.165) is 30.7 Å². The quantitative estimate of drug-likeness (QED) is 0.675. The van der Waals surface area contributed by atoms with Crippen molar-refractivity contribution in [3.05, 3.63) is 39.9 Å². The first-order chi connectivity index (χ1) is 9.47. The van der Waals surface area contributed by atoms with Crippen molar-refractivity contribution in [3.63, 3.8) is 0 Å². The summed E-state index contributed by atoms with van der Waals surface area (Å²) in [5.74, 6) is 1.87. The first-order valence-corrected chi connectivity index (χ1v) is 7.46. The molecule has 110 valence electrons. The number of hydrogen-bond acceptors (Lipinski definition) is 3. The van der Waals surface area contributed by atoms with Crippen LogP contribution < -0.4 is 5.73 Å². The predicted octanol–water partition coefficient (Wildman–Crippen LogP) is 3.54. The molecule has 1 aromatic rings. The molecule has 0 bridgehead atoms. The molecular formula is C16H24N2O2. The fourth-order valence-corrected chi connectivity index (χ4v) is 3.26. The molecule has 0 spiro atoms. The van der Waals surface area contributed by atoms with Crippen LogP contribution in [0.15, 0.2) is 24.3 Å². The molecule has 3 atom stereocenters. The number of hydrogen-bond donors (Lipinski definition) is 1. The monoisotopic (exact) mass is 276 g/mol. The third-order valence-electron chi connectivity index (χ3n) is 4.64. The molecule has 2 N–H and O–H groups in total. The predicted molar refractivity (Wildman–Crippen MR) is 80.4 cm³/mol. The minimum atomic E-state index is -0.332. The van der Waals surface area contributed by atoms with Gasteiger partial charge in [0.15, 0.2) is 0 Å². The molecule has 0 amide bonds. The SMILES string of the molecule is CC(C)C1CCC(N)C(Cc2cccc([N+](=O)[O-])c2)C1. The molecule has 1 aliphatic rings. The van der Waals surface area contributed by atoms with Crippen LogP contribution in [-0.4, -0.2) is 11.0 Å². The van der Waals surface area contributed by atoms with E-state index in [4.69, 9.17) is 5.73 Å². The van der Waals surface area contributed by atoms with Gasteiger partial charge < -0.3 is 5.73 Å². The molecule has 0 aliphatic heterocycles. The van der Waals surface area contributed by atoms with Crippen molar-refractivity contribution < 1.29 is 4.92 Å². The van der Waals surface area contributed by atoms with Crippen molar-refractivity contribution >= 4 is 5.69 Å². The Morgan fingerprint density at radius 2 is 2.15 bits per heavy atom. The molecule has 4 heteroatoms. The van der Waals surface area contributed by atoms with Crippen LogP contribution in [-0.2, 0) is 6.42 Å². The fraction of sp³-hybridized carbons (Fsp3) is 0.625. The topological polar surface area (TPSA) is 69.2 Å². The highest BCUT2D eigenvalue weighted by Crippen LogP contribution is 2.35. The van der Waals surface area contributed by atoms with E-state index in [2.05, 4.69) is 13.8 Å². The van der Waals surface area contributed by atoms with Gasteiger partial charge in [-0.25, -0.2) is 0 Å². The van der Waals surface area contributed by atoms with Gasteiger partial charge in [0.1, 0.15) is 0 Å². The number of rotatable bonds is 4. The van der Waals surface area contributed by atoms with Crippen LogP contribution >= 0.6 is 0 Å². The van der Waals surface area contributed by atoms with Gasteiger partial charge in [0.05, 0.1) is 4.92 Å². The molecule has 0 saturated heterocycles. The van der Waals surface area contributed by atoms with Crippen LogP contribution in [0.25, 0.3) is 0 Å². The van der Waals surface area contributed by atoms with Gasteiger partial charge in [0, 0.05) is 18.2 Å². The van der Waals surface area contributed by atoms with Crippen LogP contribution in [0.1, 0.15) is 38.7 Å². The molecule has 3 unspecified atom stereocenters. The lowest BCUT2D eigenvalue weighted by Crippen LogP contribution is -2.38. The van der Waals surface area contributed by atoms with Gasteiger partial charge in [-0.2, -0.15) is 0 Å². The first kappa shape index (κ1) is 15.0. The molecule has 0 heterocycles. The maximum absolute atomic E-state index is 10.8. The summed E-state index contributed by atoms with van der Waals surface area (Å²) in [6.45, 7) is 4.54. The molecule has 0 radical (unpaired) electrons. The molecular weight excluding hydrogens is 252 g/mol. The van der Waals surface area contributed by atoms with Crippen molar-refractivity contribution in [2.45, 2.75) is 45.6 Å². The van der Waals surface area contributed by atoms with Crippen LogP contribution in [0.4, 0.5) is 5.69 Å². The first-order valence-electron chi connectivity index (χ1n) is 7.46. The van der Waals surface area contributed by atoms with E-state index >= 15 is 0 Å². The largest absolute Gasteiger partial charge is 0.327 e. The molecule has 1 aromatic carbocycles. The van der Waals surface area contributed by atoms with Crippen molar-refractivity contribution in [2.24, 2.45) is 23.5 Å². The van der Waals surface area contributed by atoms with Gasteiger partial charge in [0.2, 0.25) is 0 Å². The molecule has 1 fully saturated rings. The van der Waals surface area contributed by atoms with Gasteiger partial charge in [-0.15, -0.1) is 0 Å². The lowest BCUT2D eigenvalue weighted by Gasteiger charge is -2.36. The van der Waals surface area contributed by atoms with Gasteiger partial charge in [-0.1, -0.05) is 26.0 Å². The fourth-order valence-electron chi connectivity index (χ4n) is 3.26. The average molecular weight is 276 g/mol. The summed E-state index contributed by atoms with van der Waals surface area (Å²) < 4.78 is 0. The minimum Gasteiger partial charge on any atom is -0.327 e. The standard InChI is InChI=1S/C16H24N2O2/c1-11(2)13-6-7-16(17)14(10-13)8-12-4-3-5-15(9-12)18(19)20/h3-5,9,11,13-14,16H,6-8,10,17H2,1-2H3. The van der Waals surface area contributed by atoms with Crippen LogP contribution in [0.5, 0.6) is 0 Å². The Morgan fingerprint density at radius 3 is 2.80 bits per heavy atom. The Balaban J connectivity index is 2.07. The van der Waals surface area contributed by atoms with E-state index in [1.165, 1.54) is 6.42 Å². The van der Waals surface area contributed by atoms with Crippen molar-refractivity contribution in [3.8, 4) is 0 Å². The van der Waals surface area contributed by atoms with Crippen LogP contribution in [0.2, 0.25) is 0 Å². The lowest BCUT2D eigenvalue weighted by molar-refractivity contribution is -0.384. The zero-order valence-electron chi connectivity index (χ0n) is 12.3. The Morgan fingerprint density at radius 1 is 1.40 bits per heavy atom.